The van der Waals surface area contributed by atoms with Crippen molar-refractivity contribution in [3.8, 4) is 23.0 Å². The Hall–Kier alpha value is -2.86. The molecule has 0 saturated heterocycles. The maximum absolute atomic E-state index is 5.97. The van der Waals surface area contributed by atoms with Crippen LogP contribution in [0.4, 0.5) is 0 Å². The van der Waals surface area contributed by atoms with E-state index >= 15 is 0 Å². The fraction of sp³-hybridized carbons (Fsp3) is 0. The van der Waals surface area contributed by atoms with Crippen LogP contribution < -0.4 is 4.74 Å². The molecule has 1 aromatic carbocycles. The van der Waals surface area contributed by atoms with Gasteiger partial charge >= 0.3 is 0 Å². The summed E-state index contributed by atoms with van der Waals surface area (Å²) >= 11 is 3.39. The Labute approximate surface area is 146 Å². The Morgan fingerprint density at radius 3 is 2.62 bits per heavy atom. The molecule has 0 N–H and O–H groups in total. The first-order valence-electron chi connectivity index (χ1n) is 7.25. The minimum absolute atomic E-state index is 0.486. The number of pyridine rings is 2. The molecule has 24 heavy (non-hydrogen) atoms. The Balaban J connectivity index is 1.86. The van der Waals surface area contributed by atoms with Crippen molar-refractivity contribution in [3.63, 3.8) is 0 Å². The van der Waals surface area contributed by atoms with Crippen LogP contribution in [0.5, 0.6) is 11.6 Å². The predicted octanol–water partition coefficient (Wildman–Crippen LogP) is 4.64. The first-order valence-corrected chi connectivity index (χ1v) is 8.04. The third-order valence-electron chi connectivity index (χ3n) is 3.38. The third kappa shape index (κ3) is 2.96. The van der Waals surface area contributed by atoms with Crippen LogP contribution in [-0.2, 0) is 0 Å². The lowest BCUT2D eigenvalue weighted by Crippen LogP contribution is -1.96. The molecule has 4 rings (SSSR count). The summed E-state index contributed by atoms with van der Waals surface area (Å²) in [5.41, 5.74) is 1.64. The highest BCUT2D eigenvalue weighted by atomic mass is 79.9. The molecule has 0 bridgehead atoms. The molecule has 116 valence electrons. The van der Waals surface area contributed by atoms with Crippen LogP contribution in [-0.4, -0.2) is 19.9 Å². The molecule has 0 aliphatic heterocycles. The quantitative estimate of drug-likeness (QED) is 0.519. The third-order valence-corrected chi connectivity index (χ3v) is 3.82. The minimum atomic E-state index is 0.486. The molecule has 0 spiro atoms. The van der Waals surface area contributed by atoms with Gasteiger partial charge in [0, 0.05) is 28.6 Å². The lowest BCUT2D eigenvalue weighted by atomic mass is 10.2. The summed E-state index contributed by atoms with van der Waals surface area (Å²) < 4.78 is 6.81. The second kappa shape index (κ2) is 6.33. The van der Waals surface area contributed by atoms with Gasteiger partial charge in [-0.1, -0.05) is 12.1 Å². The molecule has 6 heteroatoms. The summed E-state index contributed by atoms with van der Waals surface area (Å²) in [6.45, 7) is 0. The van der Waals surface area contributed by atoms with Gasteiger partial charge in [0.1, 0.15) is 5.75 Å². The molecule has 5 nitrogen and oxygen atoms in total. The number of nitrogens with zero attached hydrogens (tertiary/aromatic N) is 4. The number of hydrogen-bond donors (Lipinski definition) is 0. The number of aromatic nitrogens is 4. The average molecular weight is 379 g/mol. The van der Waals surface area contributed by atoms with Crippen molar-refractivity contribution < 1.29 is 4.74 Å². The van der Waals surface area contributed by atoms with Crippen molar-refractivity contribution in [1.29, 1.82) is 0 Å². The topological polar surface area (TPSA) is 60.8 Å². The molecule has 3 aromatic heterocycles. The van der Waals surface area contributed by atoms with Crippen LogP contribution in [0.15, 0.2) is 71.7 Å². The lowest BCUT2D eigenvalue weighted by molar-refractivity contribution is 0.466. The average Bonchev–Trinajstić information content (AvgIpc) is 2.62. The van der Waals surface area contributed by atoms with Gasteiger partial charge in [0.15, 0.2) is 5.82 Å². The van der Waals surface area contributed by atoms with Crippen molar-refractivity contribution >= 4 is 26.8 Å². The fourth-order valence-electron chi connectivity index (χ4n) is 2.31. The van der Waals surface area contributed by atoms with E-state index in [0.29, 0.717) is 17.5 Å². The van der Waals surface area contributed by atoms with E-state index < -0.39 is 0 Å². The van der Waals surface area contributed by atoms with E-state index in [2.05, 4.69) is 35.9 Å². The molecule has 4 aromatic rings. The summed E-state index contributed by atoms with van der Waals surface area (Å²) in [5, 5.41) is 0.838. The number of rotatable bonds is 3. The highest BCUT2D eigenvalue weighted by Gasteiger charge is 2.11. The van der Waals surface area contributed by atoms with Gasteiger partial charge in [-0.25, -0.2) is 4.98 Å². The first-order chi connectivity index (χ1) is 11.8. The summed E-state index contributed by atoms with van der Waals surface area (Å²) in [4.78, 5) is 17.4. The predicted molar refractivity (Wildman–Crippen MR) is 94.8 cm³/mol. The second-order valence-electron chi connectivity index (χ2n) is 5.05. The van der Waals surface area contributed by atoms with E-state index in [0.717, 1.165) is 20.9 Å². The van der Waals surface area contributed by atoms with Crippen LogP contribution in [0, 0.1) is 0 Å². The van der Waals surface area contributed by atoms with E-state index in [4.69, 9.17) is 4.74 Å². The van der Waals surface area contributed by atoms with Gasteiger partial charge < -0.3 is 4.74 Å². The van der Waals surface area contributed by atoms with Crippen LogP contribution in [0.1, 0.15) is 0 Å². The Morgan fingerprint density at radius 2 is 1.79 bits per heavy atom. The lowest BCUT2D eigenvalue weighted by Gasteiger charge is -2.10. The van der Waals surface area contributed by atoms with Gasteiger partial charge in [-0.05, 0) is 46.3 Å². The number of hydrogen-bond acceptors (Lipinski definition) is 5. The van der Waals surface area contributed by atoms with Gasteiger partial charge in [-0.2, -0.15) is 4.98 Å². The molecule has 0 amide bonds. The molecule has 3 heterocycles. The maximum Gasteiger partial charge on any atom is 0.230 e. The Bertz CT molecular complexity index is 1010. The fourth-order valence-corrected chi connectivity index (χ4v) is 2.65. The molecule has 0 radical (unpaired) electrons. The van der Waals surface area contributed by atoms with Crippen LogP contribution in [0.25, 0.3) is 22.3 Å². The van der Waals surface area contributed by atoms with E-state index in [1.54, 1.807) is 24.8 Å². The molecule has 0 unspecified atom stereocenters. The van der Waals surface area contributed by atoms with Crippen molar-refractivity contribution in [2.45, 2.75) is 0 Å². The Morgan fingerprint density at radius 1 is 0.875 bits per heavy atom. The zero-order chi connectivity index (χ0) is 16.4. The normalized spacial score (nSPS) is 10.7. The van der Waals surface area contributed by atoms with E-state index in [9.17, 15) is 0 Å². The summed E-state index contributed by atoms with van der Waals surface area (Å²) in [6.07, 6.45) is 6.79. The highest BCUT2D eigenvalue weighted by molar-refractivity contribution is 9.10. The van der Waals surface area contributed by atoms with Crippen molar-refractivity contribution in [3.05, 3.63) is 71.7 Å². The van der Waals surface area contributed by atoms with Gasteiger partial charge in [0.25, 0.3) is 0 Å². The SMILES string of the molecule is Brc1cncc(Oc2nc(-c3cccnc3)nc3ccccc23)c1. The van der Waals surface area contributed by atoms with E-state index in [1.165, 1.54) is 0 Å². The van der Waals surface area contributed by atoms with Crippen LogP contribution >= 0.6 is 15.9 Å². The van der Waals surface area contributed by atoms with Gasteiger partial charge in [-0.15, -0.1) is 0 Å². The molecular weight excluding hydrogens is 368 g/mol. The van der Waals surface area contributed by atoms with E-state index in [1.807, 2.05) is 42.5 Å². The van der Waals surface area contributed by atoms with E-state index in [-0.39, 0.29) is 0 Å². The standard InChI is InChI=1S/C18H11BrN4O/c19-13-8-14(11-21-10-13)24-18-15-5-1-2-6-16(15)22-17(23-18)12-4-3-7-20-9-12/h1-11H. The monoisotopic (exact) mass is 378 g/mol. The molecule has 0 aliphatic carbocycles. The largest absolute Gasteiger partial charge is 0.437 e. The zero-order valence-electron chi connectivity index (χ0n) is 12.4. The van der Waals surface area contributed by atoms with Crippen LogP contribution in [0.2, 0.25) is 0 Å². The maximum atomic E-state index is 5.97. The number of para-hydroxylation sites is 1. The van der Waals surface area contributed by atoms with Crippen molar-refractivity contribution in [2.24, 2.45) is 0 Å². The Kier molecular flexibility index (Phi) is 3.88. The molecule has 0 fully saturated rings. The smallest absolute Gasteiger partial charge is 0.230 e. The molecule has 0 atom stereocenters. The molecule has 0 aliphatic rings. The first kappa shape index (κ1) is 14.7. The van der Waals surface area contributed by atoms with Crippen molar-refractivity contribution in [2.75, 3.05) is 0 Å². The van der Waals surface area contributed by atoms with Gasteiger partial charge in [-0.3, -0.25) is 9.97 Å². The molecule has 0 saturated carbocycles. The minimum Gasteiger partial charge on any atom is -0.437 e. The zero-order valence-corrected chi connectivity index (χ0v) is 14.0. The number of halogens is 1. The summed E-state index contributed by atoms with van der Waals surface area (Å²) in [6, 6.07) is 13.3. The number of fused-ring (bicyclic) bond motifs is 1. The molecular formula is C18H11BrN4O. The highest BCUT2D eigenvalue weighted by Crippen LogP contribution is 2.30. The van der Waals surface area contributed by atoms with Crippen LogP contribution in [0.3, 0.4) is 0 Å². The number of benzene rings is 1. The van der Waals surface area contributed by atoms with Gasteiger partial charge in [0.05, 0.1) is 17.1 Å². The summed E-state index contributed by atoms with van der Waals surface area (Å²) in [7, 11) is 0. The summed E-state index contributed by atoms with van der Waals surface area (Å²) in [5.74, 6) is 1.66. The number of ether oxygens (including phenoxy) is 1. The van der Waals surface area contributed by atoms with Crippen molar-refractivity contribution in [1.82, 2.24) is 19.9 Å². The van der Waals surface area contributed by atoms with Gasteiger partial charge in [0.2, 0.25) is 5.88 Å². The second-order valence-corrected chi connectivity index (χ2v) is 5.97.